The Hall–Kier alpha value is -2.70. The Kier molecular flexibility index (Phi) is 5.88. The molecule has 5 nitrogen and oxygen atoms in total. The van der Waals surface area contributed by atoms with E-state index in [-0.39, 0.29) is 6.04 Å². The summed E-state index contributed by atoms with van der Waals surface area (Å²) in [5.41, 5.74) is 3.84. The Bertz CT molecular complexity index is 1090. The first-order valence-electron chi connectivity index (χ1n) is 9.88. The Morgan fingerprint density at radius 2 is 1.93 bits per heavy atom. The standard InChI is InChI=1S/C23H23ClN4OS/c1-14(2)13-28-15(3)19(20(25-23(28)30)16-8-5-4-6-9-16)22-26-21(27-29-22)17-10-7-11-18(24)12-17/h4-12,14,20H,13H2,1-3H3,(H,25,30). The van der Waals surface area contributed by atoms with Gasteiger partial charge in [-0.3, -0.25) is 0 Å². The molecule has 1 atom stereocenters. The van der Waals surface area contributed by atoms with Crippen molar-refractivity contribution in [1.29, 1.82) is 0 Å². The highest BCUT2D eigenvalue weighted by Gasteiger charge is 2.34. The third-order valence-corrected chi connectivity index (χ3v) is 5.59. The molecule has 0 saturated carbocycles. The largest absolute Gasteiger partial charge is 0.351 e. The van der Waals surface area contributed by atoms with E-state index in [2.05, 4.69) is 48.3 Å². The molecule has 7 heteroatoms. The van der Waals surface area contributed by atoms with Gasteiger partial charge in [-0.2, -0.15) is 4.98 Å². The van der Waals surface area contributed by atoms with Gasteiger partial charge in [0.1, 0.15) is 0 Å². The summed E-state index contributed by atoms with van der Waals surface area (Å²) in [6, 6.07) is 17.4. The van der Waals surface area contributed by atoms with E-state index in [1.54, 1.807) is 0 Å². The van der Waals surface area contributed by atoms with Gasteiger partial charge in [-0.05, 0) is 42.8 Å². The minimum atomic E-state index is -0.172. The molecule has 0 saturated heterocycles. The molecular formula is C23H23ClN4OS. The normalized spacial score (nSPS) is 16.9. The number of hydrogen-bond donors (Lipinski definition) is 1. The van der Waals surface area contributed by atoms with Crippen LogP contribution in [-0.4, -0.2) is 26.7 Å². The molecule has 2 aromatic carbocycles. The van der Waals surface area contributed by atoms with Crippen LogP contribution in [0.4, 0.5) is 0 Å². The van der Waals surface area contributed by atoms with E-state index in [1.807, 2.05) is 42.5 Å². The molecule has 1 aromatic heterocycles. The van der Waals surface area contributed by atoms with Crippen LogP contribution >= 0.6 is 23.8 Å². The van der Waals surface area contributed by atoms with E-state index >= 15 is 0 Å². The van der Waals surface area contributed by atoms with Gasteiger partial charge in [0.25, 0.3) is 5.89 Å². The molecular weight excluding hydrogens is 416 g/mol. The summed E-state index contributed by atoms with van der Waals surface area (Å²) in [4.78, 5) is 6.82. The van der Waals surface area contributed by atoms with Crippen molar-refractivity contribution in [2.24, 2.45) is 5.92 Å². The second-order valence-electron chi connectivity index (χ2n) is 7.73. The zero-order valence-corrected chi connectivity index (χ0v) is 18.7. The van der Waals surface area contributed by atoms with E-state index in [4.69, 9.17) is 33.3 Å². The van der Waals surface area contributed by atoms with Crippen LogP contribution in [0, 0.1) is 5.92 Å². The summed E-state index contributed by atoms with van der Waals surface area (Å²) in [5.74, 6) is 1.42. The maximum absolute atomic E-state index is 6.13. The fourth-order valence-corrected chi connectivity index (χ4v) is 4.14. The number of benzene rings is 2. The molecule has 4 rings (SSSR count). The first-order valence-corrected chi connectivity index (χ1v) is 10.7. The van der Waals surface area contributed by atoms with Gasteiger partial charge in [0.15, 0.2) is 5.11 Å². The van der Waals surface area contributed by atoms with Crippen LogP contribution < -0.4 is 5.32 Å². The number of halogens is 1. The molecule has 30 heavy (non-hydrogen) atoms. The van der Waals surface area contributed by atoms with E-state index in [9.17, 15) is 0 Å². The highest BCUT2D eigenvalue weighted by Crippen LogP contribution is 2.37. The van der Waals surface area contributed by atoms with Crippen LogP contribution in [0.5, 0.6) is 0 Å². The summed E-state index contributed by atoms with van der Waals surface area (Å²) in [6.07, 6.45) is 0. The van der Waals surface area contributed by atoms with Gasteiger partial charge in [0, 0.05) is 22.8 Å². The third-order valence-electron chi connectivity index (χ3n) is 5.02. The fourth-order valence-electron chi connectivity index (χ4n) is 3.62. The Labute approximate surface area is 186 Å². The zero-order valence-electron chi connectivity index (χ0n) is 17.1. The topological polar surface area (TPSA) is 54.2 Å². The molecule has 0 bridgehead atoms. The molecule has 154 valence electrons. The van der Waals surface area contributed by atoms with Gasteiger partial charge in [-0.15, -0.1) is 0 Å². The van der Waals surface area contributed by atoms with Crippen molar-refractivity contribution in [3.63, 3.8) is 0 Å². The van der Waals surface area contributed by atoms with Crippen molar-refractivity contribution in [3.8, 4) is 11.4 Å². The van der Waals surface area contributed by atoms with E-state index in [0.29, 0.717) is 27.8 Å². The average Bonchev–Trinajstić information content (AvgIpc) is 3.21. The Morgan fingerprint density at radius 1 is 1.17 bits per heavy atom. The summed E-state index contributed by atoms with van der Waals surface area (Å²) in [6.45, 7) is 7.20. The lowest BCUT2D eigenvalue weighted by Gasteiger charge is -2.38. The first-order chi connectivity index (χ1) is 14.4. The molecule has 0 amide bonds. The quantitative estimate of drug-likeness (QED) is 0.515. The SMILES string of the molecule is CC1=C(c2nc(-c3cccc(Cl)c3)no2)C(c2ccccc2)NC(=S)N1CC(C)C. The lowest BCUT2D eigenvalue weighted by atomic mass is 9.94. The van der Waals surface area contributed by atoms with Gasteiger partial charge in [-0.25, -0.2) is 0 Å². The van der Waals surface area contributed by atoms with Crippen LogP contribution in [0.3, 0.4) is 0 Å². The van der Waals surface area contributed by atoms with Crippen LogP contribution in [0.25, 0.3) is 17.0 Å². The van der Waals surface area contributed by atoms with Gasteiger partial charge >= 0.3 is 0 Å². The van der Waals surface area contributed by atoms with Gasteiger partial charge < -0.3 is 14.7 Å². The van der Waals surface area contributed by atoms with Crippen molar-refractivity contribution in [3.05, 3.63) is 76.8 Å². The van der Waals surface area contributed by atoms with Crippen molar-refractivity contribution in [1.82, 2.24) is 20.4 Å². The van der Waals surface area contributed by atoms with Crippen LogP contribution in [-0.2, 0) is 0 Å². The van der Waals surface area contributed by atoms with E-state index < -0.39 is 0 Å². The monoisotopic (exact) mass is 438 g/mol. The lowest BCUT2D eigenvalue weighted by molar-refractivity contribution is 0.386. The Morgan fingerprint density at radius 3 is 2.63 bits per heavy atom. The molecule has 3 aromatic rings. The fraction of sp³-hybridized carbons (Fsp3) is 0.261. The maximum Gasteiger partial charge on any atom is 0.258 e. The summed E-state index contributed by atoms with van der Waals surface area (Å²) in [7, 11) is 0. The minimum Gasteiger partial charge on any atom is -0.351 e. The minimum absolute atomic E-state index is 0.172. The predicted molar refractivity (Wildman–Crippen MR) is 124 cm³/mol. The predicted octanol–water partition coefficient (Wildman–Crippen LogP) is 5.71. The highest BCUT2D eigenvalue weighted by atomic mass is 35.5. The summed E-state index contributed by atoms with van der Waals surface area (Å²) < 4.78 is 5.74. The molecule has 2 heterocycles. The second-order valence-corrected chi connectivity index (χ2v) is 8.55. The smallest absolute Gasteiger partial charge is 0.258 e. The maximum atomic E-state index is 6.13. The van der Waals surface area contributed by atoms with Crippen molar-refractivity contribution in [2.45, 2.75) is 26.8 Å². The molecule has 1 aliphatic rings. The molecule has 1 N–H and O–H groups in total. The number of aromatic nitrogens is 2. The number of nitrogens with one attached hydrogen (secondary N) is 1. The van der Waals surface area contributed by atoms with Crippen LogP contribution in [0.15, 0.2) is 64.8 Å². The van der Waals surface area contributed by atoms with Crippen molar-refractivity contribution >= 4 is 34.5 Å². The summed E-state index contributed by atoms with van der Waals surface area (Å²) in [5, 5.41) is 9.02. The highest BCUT2D eigenvalue weighted by molar-refractivity contribution is 7.80. The third kappa shape index (κ3) is 4.11. The van der Waals surface area contributed by atoms with Gasteiger partial charge in [0.05, 0.1) is 11.6 Å². The molecule has 0 radical (unpaired) electrons. The van der Waals surface area contributed by atoms with Crippen LogP contribution in [0.1, 0.15) is 38.3 Å². The Balaban J connectivity index is 1.81. The number of nitrogens with zero attached hydrogens (tertiary/aromatic N) is 3. The van der Waals surface area contributed by atoms with Crippen molar-refractivity contribution in [2.75, 3.05) is 6.54 Å². The lowest BCUT2D eigenvalue weighted by Crippen LogP contribution is -2.47. The molecule has 0 aliphatic carbocycles. The van der Waals surface area contributed by atoms with Gasteiger partial charge in [0.2, 0.25) is 5.82 Å². The first kappa shape index (κ1) is 20.6. The van der Waals surface area contributed by atoms with Crippen LogP contribution in [0.2, 0.25) is 5.02 Å². The summed E-state index contributed by atoms with van der Waals surface area (Å²) >= 11 is 11.8. The number of allylic oxidation sites excluding steroid dienone is 1. The van der Waals surface area contributed by atoms with Crippen molar-refractivity contribution < 1.29 is 4.52 Å². The second kappa shape index (κ2) is 8.58. The molecule has 0 spiro atoms. The number of hydrogen-bond acceptors (Lipinski definition) is 4. The zero-order chi connectivity index (χ0) is 21.3. The number of thiocarbonyl (C=S) groups is 1. The average molecular weight is 439 g/mol. The molecule has 0 fully saturated rings. The molecule has 1 unspecified atom stereocenters. The van der Waals surface area contributed by atoms with E-state index in [1.165, 1.54) is 0 Å². The van der Waals surface area contributed by atoms with E-state index in [0.717, 1.165) is 28.9 Å². The van der Waals surface area contributed by atoms with Gasteiger partial charge in [-0.1, -0.05) is 73.1 Å². The number of rotatable bonds is 5. The molecule has 1 aliphatic heterocycles.